The molecule has 22 heavy (non-hydrogen) atoms. The Labute approximate surface area is 131 Å². The SMILES string of the molecule is CNC(=O)c1ccc(C)c(S(=O)(=O)N2CCC(OC)CC2)c1. The average molecular weight is 326 g/mol. The van der Waals surface area contributed by atoms with Gasteiger partial charge in [-0.1, -0.05) is 6.07 Å². The van der Waals surface area contributed by atoms with E-state index in [1.807, 2.05) is 0 Å². The molecule has 0 aliphatic carbocycles. The van der Waals surface area contributed by atoms with E-state index < -0.39 is 10.0 Å². The standard InChI is InChI=1S/C15H22N2O4S/c1-11-4-5-12(15(18)16-2)10-14(11)22(19,20)17-8-6-13(21-3)7-9-17/h4-5,10,13H,6-9H2,1-3H3,(H,16,18). The summed E-state index contributed by atoms with van der Waals surface area (Å²) in [6.45, 7) is 2.61. The fourth-order valence-corrected chi connectivity index (χ4v) is 4.33. The number of methoxy groups -OCH3 is 1. The summed E-state index contributed by atoms with van der Waals surface area (Å²) in [5.41, 5.74) is 0.986. The molecule has 0 aromatic heterocycles. The number of aryl methyl sites for hydroxylation is 1. The number of benzene rings is 1. The fraction of sp³-hybridized carbons (Fsp3) is 0.533. The lowest BCUT2D eigenvalue weighted by Gasteiger charge is -2.30. The predicted molar refractivity (Wildman–Crippen MR) is 83.4 cm³/mol. The quantitative estimate of drug-likeness (QED) is 0.901. The Balaban J connectivity index is 2.31. The largest absolute Gasteiger partial charge is 0.381 e. The van der Waals surface area contributed by atoms with E-state index in [1.165, 1.54) is 17.4 Å². The first-order valence-corrected chi connectivity index (χ1v) is 8.70. The second-order valence-electron chi connectivity index (χ2n) is 5.40. The van der Waals surface area contributed by atoms with Gasteiger partial charge in [0.1, 0.15) is 0 Å². The normalized spacial score (nSPS) is 17.4. The molecule has 0 atom stereocenters. The highest BCUT2D eigenvalue weighted by molar-refractivity contribution is 7.89. The van der Waals surface area contributed by atoms with E-state index in [0.717, 1.165) is 0 Å². The topological polar surface area (TPSA) is 75.7 Å². The van der Waals surface area contributed by atoms with Crippen molar-refractivity contribution in [1.82, 2.24) is 9.62 Å². The van der Waals surface area contributed by atoms with Gasteiger partial charge in [0, 0.05) is 32.8 Å². The summed E-state index contributed by atoms with van der Waals surface area (Å²) in [7, 11) is -0.426. The van der Waals surface area contributed by atoms with Crippen LogP contribution >= 0.6 is 0 Å². The van der Waals surface area contributed by atoms with E-state index in [2.05, 4.69) is 5.32 Å². The Morgan fingerprint density at radius 3 is 2.50 bits per heavy atom. The maximum Gasteiger partial charge on any atom is 0.251 e. The summed E-state index contributed by atoms with van der Waals surface area (Å²) >= 11 is 0. The zero-order valence-electron chi connectivity index (χ0n) is 13.1. The number of piperidine rings is 1. The number of ether oxygens (including phenoxy) is 1. The van der Waals surface area contributed by atoms with Crippen molar-refractivity contribution < 1.29 is 17.9 Å². The van der Waals surface area contributed by atoms with Gasteiger partial charge in [0.2, 0.25) is 10.0 Å². The van der Waals surface area contributed by atoms with E-state index in [4.69, 9.17) is 4.74 Å². The van der Waals surface area contributed by atoms with Crippen LogP contribution in [0.2, 0.25) is 0 Å². The van der Waals surface area contributed by atoms with E-state index in [-0.39, 0.29) is 16.9 Å². The maximum absolute atomic E-state index is 12.8. The summed E-state index contributed by atoms with van der Waals surface area (Å²) in [5, 5.41) is 2.51. The summed E-state index contributed by atoms with van der Waals surface area (Å²) in [4.78, 5) is 11.9. The lowest BCUT2D eigenvalue weighted by molar-refractivity contribution is 0.0604. The molecule has 1 amide bonds. The molecule has 1 fully saturated rings. The fourth-order valence-electron chi connectivity index (χ4n) is 2.61. The number of hydrogen-bond donors (Lipinski definition) is 1. The van der Waals surface area contributed by atoms with E-state index in [9.17, 15) is 13.2 Å². The summed E-state index contributed by atoms with van der Waals surface area (Å²) in [6, 6.07) is 4.75. The third kappa shape index (κ3) is 3.31. The Bertz CT molecular complexity index is 650. The van der Waals surface area contributed by atoms with Gasteiger partial charge < -0.3 is 10.1 Å². The molecular formula is C15H22N2O4S. The number of nitrogens with one attached hydrogen (secondary N) is 1. The summed E-state index contributed by atoms with van der Waals surface area (Å²) in [5.74, 6) is -0.297. The van der Waals surface area contributed by atoms with E-state index in [1.54, 1.807) is 26.2 Å². The van der Waals surface area contributed by atoms with Gasteiger partial charge in [0.15, 0.2) is 0 Å². The zero-order valence-corrected chi connectivity index (χ0v) is 13.9. The molecule has 1 heterocycles. The van der Waals surface area contributed by atoms with Crippen LogP contribution in [0.5, 0.6) is 0 Å². The van der Waals surface area contributed by atoms with Gasteiger partial charge in [-0.3, -0.25) is 4.79 Å². The van der Waals surface area contributed by atoms with Gasteiger partial charge in [0.25, 0.3) is 5.91 Å². The number of carbonyl (C=O) groups is 1. The maximum atomic E-state index is 12.8. The molecule has 7 heteroatoms. The molecule has 0 radical (unpaired) electrons. The summed E-state index contributed by atoms with van der Waals surface area (Å²) in [6.07, 6.45) is 1.48. The van der Waals surface area contributed by atoms with Gasteiger partial charge in [-0.2, -0.15) is 4.31 Å². The van der Waals surface area contributed by atoms with E-state index >= 15 is 0 Å². The second kappa shape index (κ2) is 6.76. The number of hydrogen-bond acceptors (Lipinski definition) is 4. The van der Waals surface area contributed by atoms with Gasteiger partial charge >= 0.3 is 0 Å². The van der Waals surface area contributed by atoms with Crippen molar-refractivity contribution in [3.8, 4) is 0 Å². The Morgan fingerprint density at radius 2 is 1.95 bits per heavy atom. The highest BCUT2D eigenvalue weighted by Gasteiger charge is 2.30. The highest BCUT2D eigenvalue weighted by Crippen LogP contribution is 2.25. The van der Waals surface area contributed by atoms with Crippen molar-refractivity contribution in [2.24, 2.45) is 0 Å². The molecule has 1 aliphatic heterocycles. The molecule has 1 aliphatic rings. The number of nitrogens with zero attached hydrogens (tertiary/aromatic N) is 1. The van der Waals surface area contributed by atoms with Crippen LogP contribution in [0.15, 0.2) is 23.1 Å². The monoisotopic (exact) mass is 326 g/mol. The molecule has 1 aromatic carbocycles. The van der Waals surface area contributed by atoms with Gasteiger partial charge in [-0.25, -0.2) is 8.42 Å². The molecule has 1 saturated heterocycles. The van der Waals surface area contributed by atoms with Gasteiger partial charge in [-0.05, 0) is 37.5 Å². The molecule has 2 rings (SSSR count). The van der Waals surface area contributed by atoms with Crippen LogP contribution < -0.4 is 5.32 Å². The lowest BCUT2D eigenvalue weighted by atomic mass is 10.1. The van der Waals surface area contributed by atoms with Crippen LogP contribution in [0.3, 0.4) is 0 Å². The number of amides is 1. The number of sulfonamides is 1. The molecule has 6 nitrogen and oxygen atoms in total. The molecule has 0 spiro atoms. The van der Waals surface area contributed by atoms with Crippen molar-refractivity contribution >= 4 is 15.9 Å². The highest BCUT2D eigenvalue weighted by atomic mass is 32.2. The molecule has 122 valence electrons. The first-order valence-electron chi connectivity index (χ1n) is 7.26. The molecule has 1 aromatic rings. The van der Waals surface area contributed by atoms with E-state index in [0.29, 0.717) is 37.1 Å². The molecule has 1 N–H and O–H groups in total. The molecule has 0 unspecified atom stereocenters. The Hall–Kier alpha value is -1.44. The molecule has 0 saturated carbocycles. The zero-order chi connectivity index (χ0) is 16.3. The minimum Gasteiger partial charge on any atom is -0.381 e. The van der Waals surface area contributed by atoms with Crippen molar-refractivity contribution in [1.29, 1.82) is 0 Å². The van der Waals surface area contributed by atoms with Crippen LogP contribution in [0.1, 0.15) is 28.8 Å². The summed E-state index contributed by atoms with van der Waals surface area (Å²) < 4.78 is 32.4. The minimum absolute atomic E-state index is 0.116. The van der Waals surface area contributed by atoms with Crippen LogP contribution in [0.4, 0.5) is 0 Å². The smallest absolute Gasteiger partial charge is 0.251 e. The van der Waals surface area contributed by atoms with Gasteiger partial charge in [0.05, 0.1) is 11.0 Å². The van der Waals surface area contributed by atoms with Crippen LogP contribution in [-0.2, 0) is 14.8 Å². The van der Waals surface area contributed by atoms with Crippen LogP contribution in [0, 0.1) is 6.92 Å². The first-order chi connectivity index (χ1) is 10.4. The van der Waals surface area contributed by atoms with Crippen molar-refractivity contribution in [2.75, 3.05) is 27.2 Å². The van der Waals surface area contributed by atoms with Crippen LogP contribution in [0.25, 0.3) is 0 Å². The average Bonchev–Trinajstić information content (AvgIpc) is 2.54. The minimum atomic E-state index is -3.59. The lowest BCUT2D eigenvalue weighted by Crippen LogP contribution is -2.40. The van der Waals surface area contributed by atoms with Crippen molar-refractivity contribution in [3.63, 3.8) is 0 Å². The predicted octanol–water partition coefficient (Wildman–Crippen LogP) is 1.15. The molecular weight excluding hydrogens is 304 g/mol. The third-order valence-corrected chi connectivity index (χ3v) is 6.07. The molecule has 0 bridgehead atoms. The first kappa shape index (κ1) is 16.9. The number of carbonyl (C=O) groups excluding carboxylic acids is 1. The van der Waals surface area contributed by atoms with Crippen LogP contribution in [-0.4, -0.2) is 52.0 Å². The Kier molecular flexibility index (Phi) is 5.20. The Morgan fingerprint density at radius 1 is 1.32 bits per heavy atom. The number of rotatable bonds is 4. The third-order valence-electron chi connectivity index (χ3n) is 4.03. The van der Waals surface area contributed by atoms with Crippen molar-refractivity contribution in [2.45, 2.75) is 30.8 Å². The van der Waals surface area contributed by atoms with Crippen molar-refractivity contribution in [3.05, 3.63) is 29.3 Å². The van der Waals surface area contributed by atoms with Gasteiger partial charge in [-0.15, -0.1) is 0 Å². The second-order valence-corrected chi connectivity index (χ2v) is 7.30.